The van der Waals surface area contributed by atoms with E-state index in [2.05, 4.69) is 16.6 Å². The first-order chi connectivity index (χ1) is 10.8. The average Bonchev–Trinajstić information content (AvgIpc) is 2.54. The molecular weight excluding hydrogens is 284 g/mol. The van der Waals surface area contributed by atoms with Crippen LogP contribution in [0.2, 0.25) is 0 Å². The Balaban J connectivity index is 2.02. The Morgan fingerprint density at radius 2 is 1.73 bits per heavy atom. The van der Waals surface area contributed by atoms with Crippen molar-refractivity contribution in [2.45, 2.75) is 0 Å². The minimum atomic E-state index is -0.284. The van der Waals surface area contributed by atoms with Crippen LogP contribution in [0.5, 0.6) is 0 Å². The second kappa shape index (κ2) is 11.6. The molecule has 0 bridgehead atoms. The van der Waals surface area contributed by atoms with Gasteiger partial charge in [0.25, 0.3) is 0 Å². The fourth-order valence-corrected chi connectivity index (χ4v) is 1.53. The smallest absolute Gasteiger partial charge is 0.319 e. The summed E-state index contributed by atoms with van der Waals surface area (Å²) in [6.45, 7) is 2.98. The number of ether oxygens (including phenoxy) is 3. The van der Waals surface area contributed by atoms with Gasteiger partial charge in [-0.3, -0.25) is 0 Å². The molecule has 1 rings (SSSR count). The Labute approximate surface area is 131 Å². The molecule has 1 aromatic carbocycles. The lowest BCUT2D eigenvalue weighted by Gasteiger charge is -2.08. The Hall–Kier alpha value is -2.07. The monoisotopic (exact) mass is 306 g/mol. The molecule has 6 heteroatoms. The third-order valence-corrected chi connectivity index (χ3v) is 2.65. The fraction of sp³-hybridized carbons (Fsp3) is 0.438. The lowest BCUT2D eigenvalue weighted by atomic mass is 10.2. The molecule has 22 heavy (non-hydrogen) atoms. The van der Waals surface area contributed by atoms with Crippen molar-refractivity contribution in [3.63, 3.8) is 0 Å². The van der Waals surface area contributed by atoms with Crippen LogP contribution in [0.3, 0.4) is 0 Å². The zero-order valence-electron chi connectivity index (χ0n) is 12.8. The van der Waals surface area contributed by atoms with Crippen LogP contribution in [0, 0.1) is 12.3 Å². The third kappa shape index (κ3) is 8.27. The van der Waals surface area contributed by atoms with Gasteiger partial charge in [0.05, 0.1) is 33.0 Å². The number of carbonyl (C=O) groups is 1. The molecule has 0 unspecified atom stereocenters. The van der Waals surface area contributed by atoms with Gasteiger partial charge in [-0.15, -0.1) is 6.42 Å². The Morgan fingerprint density at radius 1 is 1.09 bits per heavy atom. The van der Waals surface area contributed by atoms with Crippen molar-refractivity contribution in [1.29, 1.82) is 0 Å². The average molecular weight is 306 g/mol. The molecule has 120 valence electrons. The van der Waals surface area contributed by atoms with Crippen molar-refractivity contribution >= 4 is 11.7 Å². The third-order valence-electron chi connectivity index (χ3n) is 2.65. The summed E-state index contributed by atoms with van der Waals surface area (Å²) >= 11 is 0. The first-order valence-corrected chi connectivity index (χ1v) is 7.02. The maximum atomic E-state index is 11.6. The van der Waals surface area contributed by atoms with E-state index < -0.39 is 0 Å². The van der Waals surface area contributed by atoms with E-state index in [9.17, 15) is 4.79 Å². The highest BCUT2D eigenvalue weighted by Gasteiger charge is 2.00. The number of amides is 2. The maximum absolute atomic E-state index is 11.6. The van der Waals surface area contributed by atoms with Crippen molar-refractivity contribution in [1.82, 2.24) is 5.32 Å². The second-order valence-electron chi connectivity index (χ2n) is 4.32. The molecule has 0 aliphatic rings. The summed E-state index contributed by atoms with van der Waals surface area (Å²) in [7, 11) is 1.63. The highest BCUT2D eigenvalue weighted by Crippen LogP contribution is 2.08. The quantitative estimate of drug-likeness (QED) is 0.507. The van der Waals surface area contributed by atoms with E-state index in [4.69, 9.17) is 20.6 Å². The van der Waals surface area contributed by atoms with Gasteiger partial charge in [-0.05, 0) is 24.3 Å². The summed E-state index contributed by atoms with van der Waals surface area (Å²) in [5.74, 6) is 2.52. The zero-order valence-corrected chi connectivity index (χ0v) is 12.8. The van der Waals surface area contributed by atoms with E-state index in [-0.39, 0.29) is 6.03 Å². The Morgan fingerprint density at radius 3 is 2.36 bits per heavy atom. The molecule has 1 aromatic rings. The summed E-state index contributed by atoms with van der Waals surface area (Å²) in [5.41, 5.74) is 1.45. The molecular formula is C16H22N2O4. The lowest BCUT2D eigenvalue weighted by Crippen LogP contribution is -2.31. The highest BCUT2D eigenvalue weighted by molar-refractivity contribution is 5.89. The number of nitrogens with one attached hydrogen (secondary N) is 2. The van der Waals surface area contributed by atoms with Gasteiger partial charge in [0.15, 0.2) is 0 Å². The number of urea groups is 1. The molecule has 6 nitrogen and oxygen atoms in total. The number of carbonyl (C=O) groups excluding carboxylic acids is 1. The van der Waals surface area contributed by atoms with Crippen molar-refractivity contribution in [3.8, 4) is 12.3 Å². The molecule has 0 aliphatic heterocycles. The van der Waals surface area contributed by atoms with Crippen LogP contribution in [0.25, 0.3) is 0 Å². The SMILES string of the molecule is C#Cc1ccc(NC(=O)NCCOCCOCCOC)cc1. The van der Waals surface area contributed by atoms with Crippen LogP contribution >= 0.6 is 0 Å². The molecule has 0 aliphatic carbocycles. The predicted molar refractivity (Wildman–Crippen MR) is 84.9 cm³/mol. The van der Waals surface area contributed by atoms with E-state index in [0.29, 0.717) is 45.3 Å². The minimum absolute atomic E-state index is 0.284. The zero-order chi connectivity index (χ0) is 16.0. The van der Waals surface area contributed by atoms with Gasteiger partial charge in [0.1, 0.15) is 0 Å². The van der Waals surface area contributed by atoms with Crippen LogP contribution in [-0.4, -0.2) is 52.7 Å². The van der Waals surface area contributed by atoms with Gasteiger partial charge in [-0.25, -0.2) is 4.79 Å². The first kappa shape index (κ1) is 18.0. The number of terminal acetylenes is 1. The second-order valence-corrected chi connectivity index (χ2v) is 4.32. The number of methoxy groups -OCH3 is 1. The molecule has 0 atom stereocenters. The number of hydrogen-bond donors (Lipinski definition) is 2. The summed E-state index contributed by atoms with van der Waals surface area (Å²) < 4.78 is 15.4. The van der Waals surface area contributed by atoms with Gasteiger partial charge in [-0.2, -0.15) is 0 Å². The van der Waals surface area contributed by atoms with Gasteiger partial charge < -0.3 is 24.8 Å². The minimum Gasteiger partial charge on any atom is -0.382 e. The maximum Gasteiger partial charge on any atom is 0.319 e. The fourth-order valence-electron chi connectivity index (χ4n) is 1.53. The molecule has 0 spiro atoms. The topological polar surface area (TPSA) is 68.8 Å². The molecule has 0 aromatic heterocycles. The van der Waals surface area contributed by atoms with Crippen molar-refractivity contribution in [3.05, 3.63) is 29.8 Å². The van der Waals surface area contributed by atoms with Gasteiger partial charge >= 0.3 is 6.03 Å². The van der Waals surface area contributed by atoms with Crippen LogP contribution in [0.15, 0.2) is 24.3 Å². The molecule has 0 fully saturated rings. The van der Waals surface area contributed by atoms with Crippen molar-refractivity contribution in [2.24, 2.45) is 0 Å². The van der Waals surface area contributed by atoms with E-state index >= 15 is 0 Å². The molecule has 2 N–H and O–H groups in total. The number of benzene rings is 1. The van der Waals surface area contributed by atoms with Gasteiger partial charge in [0, 0.05) is 24.9 Å². The largest absolute Gasteiger partial charge is 0.382 e. The molecule has 0 saturated heterocycles. The van der Waals surface area contributed by atoms with Crippen LogP contribution in [0.4, 0.5) is 10.5 Å². The van der Waals surface area contributed by atoms with Gasteiger partial charge in [0.2, 0.25) is 0 Å². The van der Waals surface area contributed by atoms with E-state index in [1.54, 1.807) is 31.4 Å². The van der Waals surface area contributed by atoms with Crippen LogP contribution < -0.4 is 10.6 Å². The summed E-state index contributed by atoms with van der Waals surface area (Å²) in [4.78, 5) is 11.6. The molecule has 0 saturated carbocycles. The van der Waals surface area contributed by atoms with E-state index in [1.165, 1.54) is 0 Å². The van der Waals surface area contributed by atoms with E-state index in [0.717, 1.165) is 5.56 Å². The number of anilines is 1. The van der Waals surface area contributed by atoms with Crippen molar-refractivity contribution in [2.75, 3.05) is 52.0 Å². The van der Waals surface area contributed by atoms with Gasteiger partial charge in [-0.1, -0.05) is 5.92 Å². The van der Waals surface area contributed by atoms with E-state index in [1.807, 2.05) is 0 Å². The molecule has 0 radical (unpaired) electrons. The van der Waals surface area contributed by atoms with Crippen LogP contribution in [0.1, 0.15) is 5.56 Å². The number of hydrogen-bond acceptors (Lipinski definition) is 4. The summed E-state index contributed by atoms with van der Waals surface area (Å²) in [6, 6.07) is 6.75. The normalized spacial score (nSPS) is 10.0. The summed E-state index contributed by atoms with van der Waals surface area (Å²) in [6.07, 6.45) is 5.26. The standard InChI is InChI=1S/C16H22N2O4/c1-3-14-4-6-15(7-5-14)18-16(19)17-8-9-21-12-13-22-11-10-20-2/h1,4-7H,8-13H2,2H3,(H2,17,18,19). The highest BCUT2D eigenvalue weighted by atomic mass is 16.5. The Bertz CT molecular complexity index is 468. The number of rotatable bonds is 10. The molecule has 2 amide bonds. The predicted octanol–water partition coefficient (Wildman–Crippen LogP) is 1.47. The Kier molecular flexibility index (Phi) is 9.46. The van der Waals surface area contributed by atoms with Crippen molar-refractivity contribution < 1.29 is 19.0 Å². The summed E-state index contributed by atoms with van der Waals surface area (Å²) in [5, 5.41) is 5.40. The lowest BCUT2D eigenvalue weighted by molar-refractivity contribution is 0.0260. The first-order valence-electron chi connectivity index (χ1n) is 7.02. The van der Waals surface area contributed by atoms with Crippen LogP contribution in [-0.2, 0) is 14.2 Å². The molecule has 0 heterocycles.